The molecule has 0 saturated heterocycles. The quantitative estimate of drug-likeness (QED) is 0.195. The summed E-state index contributed by atoms with van der Waals surface area (Å²) in [5, 5.41) is 28.4. The van der Waals surface area contributed by atoms with Crippen LogP contribution in [0, 0.1) is 6.92 Å². The summed E-state index contributed by atoms with van der Waals surface area (Å²) in [5.41, 5.74) is 2.75. The second kappa shape index (κ2) is 10.3. The molecule has 2 N–H and O–H groups in total. The molecular formula is C23H18N4NaO4S. The molecule has 0 saturated carbocycles. The Hall–Kier alpha value is -2.95. The van der Waals surface area contributed by atoms with Gasteiger partial charge in [0.1, 0.15) is 11.4 Å². The third kappa shape index (κ3) is 5.89. The number of hydrogen-bond donors (Lipinski definition) is 2. The fourth-order valence-electron chi connectivity index (χ4n) is 3.08. The van der Waals surface area contributed by atoms with Gasteiger partial charge in [-0.3, -0.25) is 4.55 Å². The predicted molar refractivity (Wildman–Crippen MR) is 127 cm³/mol. The molecule has 33 heavy (non-hydrogen) atoms. The number of aryl methyl sites for hydroxylation is 1. The molecule has 0 aliphatic carbocycles. The van der Waals surface area contributed by atoms with Crippen molar-refractivity contribution in [2.45, 2.75) is 11.8 Å². The first kappa shape index (κ1) is 24.7. The van der Waals surface area contributed by atoms with Crippen molar-refractivity contribution in [1.29, 1.82) is 0 Å². The SMILES string of the molecule is Cc1ccc(O)c(N=Nc2ccc(N=Nc3cccc(S(=O)(=O)O)c3)c3ccccc23)c1.[Na]. The molecule has 4 aromatic rings. The molecule has 0 spiro atoms. The summed E-state index contributed by atoms with van der Waals surface area (Å²) >= 11 is 0. The van der Waals surface area contributed by atoms with Gasteiger partial charge in [-0.05, 0) is 55.0 Å². The zero-order valence-electron chi connectivity index (χ0n) is 17.9. The fraction of sp³-hybridized carbons (Fsp3) is 0.0435. The molecule has 1 radical (unpaired) electrons. The molecule has 0 unspecified atom stereocenters. The van der Waals surface area contributed by atoms with E-state index in [0.717, 1.165) is 16.3 Å². The number of rotatable bonds is 5. The summed E-state index contributed by atoms with van der Waals surface area (Å²) < 4.78 is 31.8. The first-order valence-electron chi connectivity index (χ1n) is 9.54. The first-order chi connectivity index (χ1) is 15.3. The van der Waals surface area contributed by atoms with Gasteiger partial charge in [-0.25, -0.2) is 0 Å². The molecule has 4 aromatic carbocycles. The first-order valence-corrected chi connectivity index (χ1v) is 11.0. The third-order valence-electron chi connectivity index (χ3n) is 4.66. The van der Waals surface area contributed by atoms with Crippen LogP contribution in [-0.2, 0) is 10.1 Å². The molecule has 0 fully saturated rings. The Kier molecular flexibility index (Phi) is 7.72. The van der Waals surface area contributed by atoms with Crippen LogP contribution in [0.4, 0.5) is 22.7 Å². The number of nitrogens with zero attached hydrogens (tertiary/aromatic N) is 4. The molecule has 0 bridgehead atoms. The van der Waals surface area contributed by atoms with E-state index in [4.69, 9.17) is 0 Å². The summed E-state index contributed by atoms with van der Waals surface area (Å²) in [6.07, 6.45) is 0. The number of phenolic OH excluding ortho intramolecular Hbond substituents is 1. The molecule has 161 valence electrons. The van der Waals surface area contributed by atoms with Gasteiger partial charge in [0.25, 0.3) is 10.1 Å². The average Bonchev–Trinajstić information content (AvgIpc) is 2.78. The average molecular weight is 469 g/mol. The number of benzene rings is 4. The largest absolute Gasteiger partial charge is 0.506 e. The van der Waals surface area contributed by atoms with Crippen LogP contribution < -0.4 is 0 Å². The van der Waals surface area contributed by atoms with Crippen molar-refractivity contribution in [3.63, 3.8) is 0 Å². The summed E-state index contributed by atoms with van der Waals surface area (Å²) in [6.45, 7) is 1.90. The molecular weight excluding hydrogens is 451 g/mol. The van der Waals surface area contributed by atoms with Gasteiger partial charge in [0.2, 0.25) is 0 Å². The second-order valence-electron chi connectivity index (χ2n) is 7.01. The van der Waals surface area contributed by atoms with Crippen molar-refractivity contribution in [2.75, 3.05) is 0 Å². The van der Waals surface area contributed by atoms with Crippen molar-refractivity contribution in [3.8, 4) is 5.75 Å². The van der Waals surface area contributed by atoms with E-state index in [2.05, 4.69) is 20.5 Å². The predicted octanol–water partition coefficient (Wildman–Crippen LogP) is 6.55. The maximum atomic E-state index is 11.3. The van der Waals surface area contributed by atoms with E-state index in [0.29, 0.717) is 17.1 Å². The zero-order valence-corrected chi connectivity index (χ0v) is 20.7. The van der Waals surface area contributed by atoms with Gasteiger partial charge in [0.05, 0.1) is 22.0 Å². The number of azo groups is 2. The Bertz CT molecular complexity index is 1490. The second-order valence-corrected chi connectivity index (χ2v) is 8.44. The summed E-state index contributed by atoms with van der Waals surface area (Å²) in [4.78, 5) is -0.256. The van der Waals surface area contributed by atoms with Crippen molar-refractivity contribution in [2.24, 2.45) is 20.5 Å². The summed E-state index contributed by atoms with van der Waals surface area (Å²) in [5.74, 6) is 0.0428. The van der Waals surface area contributed by atoms with Crippen molar-refractivity contribution in [1.82, 2.24) is 0 Å². The minimum absolute atomic E-state index is 0. The van der Waals surface area contributed by atoms with Crippen LogP contribution in [0.2, 0.25) is 0 Å². The number of phenols is 1. The van der Waals surface area contributed by atoms with Crippen LogP contribution in [0.25, 0.3) is 10.8 Å². The molecule has 0 heterocycles. The standard InChI is InChI=1S/C23H18N4O4S.Na/c1-15-9-12-23(28)22(13-15)27-26-21-11-10-20(18-7-2-3-8-19(18)21)25-24-16-5-4-6-17(14-16)32(29,30)31;/h2-14,28H,1H3,(H,29,30,31);. The smallest absolute Gasteiger partial charge is 0.294 e. The van der Waals surface area contributed by atoms with Gasteiger partial charge in [-0.15, -0.1) is 15.3 Å². The van der Waals surface area contributed by atoms with Crippen LogP contribution >= 0.6 is 0 Å². The van der Waals surface area contributed by atoms with Crippen molar-refractivity contribution in [3.05, 3.63) is 84.4 Å². The van der Waals surface area contributed by atoms with Gasteiger partial charge in [-0.1, -0.05) is 36.4 Å². The molecule has 0 aliphatic heterocycles. The Morgan fingerprint density at radius 1 is 0.697 bits per heavy atom. The van der Waals surface area contributed by atoms with Gasteiger partial charge in [0, 0.05) is 40.3 Å². The summed E-state index contributed by atoms with van der Waals surface area (Å²) in [7, 11) is -4.33. The van der Waals surface area contributed by atoms with E-state index in [-0.39, 0.29) is 45.9 Å². The van der Waals surface area contributed by atoms with E-state index in [1.54, 1.807) is 36.4 Å². The van der Waals surface area contributed by atoms with Crippen LogP contribution in [0.5, 0.6) is 5.75 Å². The molecule has 0 aromatic heterocycles. The molecule has 0 amide bonds. The Morgan fingerprint density at radius 2 is 1.30 bits per heavy atom. The molecule has 4 rings (SSSR count). The Morgan fingerprint density at radius 3 is 1.94 bits per heavy atom. The molecule has 8 nitrogen and oxygen atoms in total. The summed E-state index contributed by atoms with van der Waals surface area (Å²) in [6, 6.07) is 21.6. The van der Waals surface area contributed by atoms with Crippen LogP contribution in [-0.4, -0.2) is 47.6 Å². The van der Waals surface area contributed by atoms with Gasteiger partial charge < -0.3 is 5.11 Å². The minimum atomic E-state index is -4.33. The maximum absolute atomic E-state index is 11.3. The van der Waals surface area contributed by atoms with E-state index in [1.165, 1.54) is 18.2 Å². The number of hydrogen-bond acceptors (Lipinski definition) is 7. The number of aromatic hydroxyl groups is 1. The van der Waals surface area contributed by atoms with Crippen molar-refractivity contribution < 1.29 is 18.1 Å². The Labute approximate surface area is 212 Å². The maximum Gasteiger partial charge on any atom is 0.294 e. The van der Waals surface area contributed by atoms with Crippen LogP contribution in [0.1, 0.15) is 5.56 Å². The van der Waals surface area contributed by atoms with Gasteiger partial charge in [0.15, 0.2) is 0 Å². The normalized spacial score (nSPS) is 11.8. The molecule has 0 atom stereocenters. The van der Waals surface area contributed by atoms with Crippen molar-refractivity contribution >= 4 is 73.2 Å². The Balaban J connectivity index is 0.00000306. The minimum Gasteiger partial charge on any atom is -0.506 e. The monoisotopic (exact) mass is 469 g/mol. The molecule has 10 heteroatoms. The van der Waals surface area contributed by atoms with Gasteiger partial charge >= 0.3 is 0 Å². The van der Waals surface area contributed by atoms with E-state index in [1.807, 2.05) is 31.2 Å². The van der Waals surface area contributed by atoms with E-state index in [9.17, 15) is 18.1 Å². The van der Waals surface area contributed by atoms with Crippen LogP contribution in [0.15, 0.2) is 104 Å². The van der Waals surface area contributed by atoms with E-state index >= 15 is 0 Å². The fourth-order valence-corrected chi connectivity index (χ4v) is 3.60. The third-order valence-corrected chi connectivity index (χ3v) is 5.51. The van der Waals surface area contributed by atoms with Gasteiger partial charge in [-0.2, -0.15) is 13.5 Å². The number of fused-ring (bicyclic) bond motifs is 1. The van der Waals surface area contributed by atoms with E-state index < -0.39 is 10.1 Å². The topological polar surface area (TPSA) is 124 Å². The van der Waals surface area contributed by atoms with Crippen LogP contribution in [0.3, 0.4) is 0 Å². The molecule has 0 aliphatic rings. The zero-order chi connectivity index (χ0) is 22.7.